The van der Waals surface area contributed by atoms with Crippen molar-refractivity contribution in [2.45, 2.75) is 18.7 Å². The minimum Gasteiger partial charge on any atom is -0.594 e. The van der Waals surface area contributed by atoms with E-state index >= 15 is 0 Å². The SMILES string of the molecule is CC1=[N+]([O-])N=C(c2ccccc2)C1(C)Cl. The third-order valence-electron chi connectivity index (χ3n) is 2.65. The molecule has 4 heteroatoms. The predicted molar refractivity (Wildman–Crippen MR) is 61.5 cm³/mol. The second kappa shape index (κ2) is 3.35. The van der Waals surface area contributed by atoms with Crippen molar-refractivity contribution in [3.8, 4) is 0 Å². The molecule has 1 unspecified atom stereocenters. The molecule has 1 heterocycles. The third kappa shape index (κ3) is 1.53. The number of benzene rings is 1. The van der Waals surface area contributed by atoms with Crippen LogP contribution in [-0.4, -0.2) is 21.1 Å². The van der Waals surface area contributed by atoms with Gasteiger partial charge in [0.1, 0.15) is 5.71 Å². The number of rotatable bonds is 1. The maximum Gasteiger partial charge on any atom is 0.222 e. The fraction of sp³-hybridized carbons (Fsp3) is 0.273. The van der Waals surface area contributed by atoms with Gasteiger partial charge < -0.3 is 5.21 Å². The van der Waals surface area contributed by atoms with E-state index in [1.807, 2.05) is 30.3 Å². The summed E-state index contributed by atoms with van der Waals surface area (Å²) in [5, 5.41) is 15.3. The third-order valence-corrected chi connectivity index (χ3v) is 3.10. The van der Waals surface area contributed by atoms with Crippen molar-refractivity contribution >= 4 is 23.0 Å². The van der Waals surface area contributed by atoms with Gasteiger partial charge in [0.05, 0.1) is 0 Å². The first-order valence-corrected chi connectivity index (χ1v) is 5.06. The predicted octanol–water partition coefficient (Wildman–Crippen LogP) is 2.37. The molecule has 78 valence electrons. The fourth-order valence-corrected chi connectivity index (χ4v) is 1.75. The van der Waals surface area contributed by atoms with Crippen molar-refractivity contribution in [2.75, 3.05) is 0 Å². The summed E-state index contributed by atoms with van der Waals surface area (Å²) >= 11 is 6.30. The molecule has 0 bridgehead atoms. The van der Waals surface area contributed by atoms with Gasteiger partial charge in [-0.25, -0.2) is 0 Å². The van der Waals surface area contributed by atoms with Crippen LogP contribution in [0, 0.1) is 5.21 Å². The van der Waals surface area contributed by atoms with Crippen molar-refractivity contribution in [1.82, 2.24) is 0 Å². The highest BCUT2D eigenvalue weighted by Gasteiger charge is 2.44. The van der Waals surface area contributed by atoms with Crippen LogP contribution < -0.4 is 0 Å². The van der Waals surface area contributed by atoms with Gasteiger partial charge in [-0.05, 0) is 6.92 Å². The first kappa shape index (κ1) is 10.2. The Morgan fingerprint density at radius 1 is 1.33 bits per heavy atom. The van der Waals surface area contributed by atoms with E-state index in [9.17, 15) is 5.21 Å². The van der Waals surface area contributed by atoms with E-state index in [1.165, 1.54) is 0 Å². The van der Waals surface area contributed by atoms with Crippen LogP contribution in [0.15, 0.2) is 35.4 Å². The number of hydrogen-bond donors (Lipinski definition) is 0. The summed E-state index contributed by atoms with van der Waals surface area (Å²) in [7, 11) is 0. The van der Waals surface area contributed by atoms with Gasteiger partial charge in [0.25, 0.3) is 0 Å². The van der Waals surface area contributed by atoms with E-state index in [2.05, 4.69) is 5.10 Å². The lowest BCUT2D eigenvalue weighted by Gasteiger charge is -2.13. The van der Waals surface area contributed by atoms with Gasteiger partial charge in [-0.3, -0.25) is 0 Å². The number of halogens is 1. The molecule has 15 heavy (non-hydrogen) atoms. The molecule has 0 amide bonds. The molecule has 3 nitrogen and oxygen atoms in total. The molecule has 1 aromatic carbocycles. The molecule has 0 aromatic heterocycles. The average Bonchev–Trinajstić information content (AvgIpc) is 2.43. The van der Waals surface area contributed by atoms with Crippen molar-refractivity contribution in [2.24, 2.45) is 5.10 Å². The number of nitrogens with zero attached hydrogens (tertiary/aromatic N) is 2. The van der Waals surface area contributed by atoms with Gasteiger partial charge in [-0.2, -0.15) is 0 Å². The van der Waals surface area contributed by atoms with Gasteiger partial charge in [0, 0.05) is 17.6 Å². The first-order valence-electron chi connectivity index (χ1n) is 4.68. The summed E-state index contributed by atoms with van der Waals surface area (Å²) in [5.41, 5.74) is 1.99. The first-order chi connectivity index (χ1) is 7.03. The standard InChI is InChI=1S/C11H11ClN2O/c1-8-11(2,12)10(13-14(8)15)9-6-4-3-5-7-9/h3-7H,1-2H3. The lowest BCUT2D eigenvalue weighted by molar-refractivity contribution is -0.460. The molecule has 2 rings (SSSR count). The molecule has 0 fully saturated rings. The Kier molecular flexibility index (Phi) is 2.27. The van der Waals surface area contributed by atoms with Crippen LogP contribution in [0.4, 0.5) is 0 Å². The van der Waals surface area contributed by atoms with E-state index in [0.29, 0.717) is 16.3 Å². The van der Waals surface area contributed by atoms with Gasteiger partial charge in [-0.15, -0.1) is 11.6 Å². The molecule has 1 aromatic rings. The zero-order valence-corrected chi connectivity index (χ0v) is 9.32. The van der Waals surface area contributed by atoms with Crippen LogP contribution >= 0.6 is 11.6 Å². The lowest BCUT2D eigenvalue weighted by atomic mass is 9.95. The second-order valence-corrected chi connectivity index (χ2v) is 4.43. The molecule has 0 saturated carbocycles. The average molecular weight is 223 g/mol. The maximum absolute atomic E-state index is 11.4. The Morgan fingerprint density at radius 2 is 1.93 bits per heavy atom. The molecular weight excluding hydrogens is 212 g/mol. The van der Waals surface area contributed by atoms with Gasteiger partial charge in [0.2, 0.25) is 5.71 Å². The quantitative estimate of drug-likeness (QED) is 0.409. The van der Waals surface area contributed by atoms with E-state index < -0.39 is 4.87 Å². The Morgan fingerprint density at radius 3 is 2.40 bits per heavy atom. The highest BCUT2D eigenvalue weighted by atomic mass is 35.5. The van der Waals surface area contributed by atoms with Crippen molar-refractivity contribution in [3.63, 3.8) is 0 Å². The Bertz CT molecular complexity index is 449. The maximum atomic E-state index is 11.4. The van der Waals surface area contributed by atoms with Gasteiger partial charge >= 0.3 is 0 Å². The molecule has 0 spiro atoms. The van der Waals surface area contributed by atoms with E-state index in [1.54, 1.807) is 13.8 Å². The van der Waals surface area contributed by atoms with Crippen molar-refractivity contribution in [1.29, 1.82) is 0 Å². The highest BCUT2D eigenvalue weighted by molar-refractivity contribution is 6.50. The van der Waals surface area contributed by atoms with E-state index in [-0.39, 0.29) is 0 Å². The molecule has 0 saturated heterocycles. The van der Waals surface area contributed by atoms with Crippen LogP contribution in [0.3, 0.4) is 0 Å². The Hall–Kier alpha value is -1.35. The molecule has 1 atom stereocenters. The van der Waals surface area contributed by atoms with Gasteiger partial charge in [-0.1, -0.05) is 35.2 Å². The largest absolute Gasteiger partial charge is 0.594 e. The monoisotopic (exact) mass is 222 g/mol. The lowest BCUT2D eigenvalue weighted by Crippen LogP contribution is -2.34. The molecule has 1 aliphatic rings. The van der Waals surface area contributed by atoms with E-state index in [0.717, 1.165) is 5.56 Å². The Balaban J connectivity index is 2.48. The van der Waals surface area contributed by atoms with Crippen molar-refractivity contribution in [3.05, 3.63) is 41.1 Å². The van der Waals surface area contributed by atoms with Crippen LogP contribution in [0.1, 0.15) is 19.4 Å². The zero-order chi connectivity index (χ0) is 11.1. The summed E-state index contributed by atoms with van der Waals surface area (Å²) in [6.07, 6.45) is 0. The number of alkyl halides is 1. The minimum atomic E-state index is -0.802. The Labute approximate surface area is 93.3 Å². The highest BCUT2D eigenvalue weighted by Crippen LogP contribution is 2.27. The summed E-state index contributed by atoms with van der Waals surface area (Å²) in [6.45, 7) is 3.48. The number of hydrazone groups is 1. The van der Waals surface area contributed by atoms with E-state index in [4.69, 9.17) is 11.6 Å². The smallest absolute Gasteiger partial charge is 0.222 e. The van der Waals surface area contributed by atoms with Crippen LogP contribution in [0.2, 0.25) is 0 Å². The molecule has 0 aliphatic carbocycles. The minimum absolute atomic E-state index is 0.503. The second-order valence-electron chi connectivity index (χ2n) is 3.68. The molecule has 0 N–H and O–H groups in total. The van der Waals surface area contributed by atoms with Gasteiger partial charge in [0.15, 0.2) is 4.87 Å². The van der Waals surface area contributed by atoms with Crippen molar-refractivity contribution < 1.29 is 4.85 Å². The summed E-state index contributed by atoms with van der Waals surface area (Å²) in [6, 6.07) is 9.50. The topological polar surface area (TPSA) is 38.4 Å². The van der Waals surface area contributed by atoms with Crippen LogP contribution in [-0.2, 0) is 0 Å². The summed E-state index contributed by atoms with van der Waals surface area (Å²) < 4.78 is 0. The number of hydrogen-bond acceptors (Lipinski definition) is 2. The van der Waals surface area contributed by atoms with Crippen LogP contribution in [0.5, 0.6) is 0 Å². The molecular formula is C11H11ClN2O. The summed E-state index contributed by atoms with van der Waals surface area (Å²) in [4.78, 5) is -0.210. The zero-order valence-electron chi connectivity index (χ0n) is 8.57. The molecule has 1 aliphatic heterocycles. The fourth-order valence-electron chi connectivity index (χ4n) is 1.54. The summed E-state index contributed by atoms with van der Waals surface area (Å²) in [5.74, 6) is 0. The normalized spacial score (nSPS) is 25.7. The van der Waals surface area contributed by atoms with Crippen LogP contribution in [0.25, 0.3) is 0 Å². The molecule has 0 radical (unpaired) electrons.